The van der Waals surface area contributed by atoms with Crippen LogP contribution in [0.4, 0.5) is 0 Å². The van der Waals surface area contributed by atoms with E-state index < -0.39 is 0 Å². The number of hydrogen-bond donors (Lipinski definition) is 1. The van der Waals surface area contributed by atoms with Crippen molar-refractivity contribution in [3.05, 3.63) is 28.2 Å². The first-order valence-electron chi connectivity index (χ1n) is 6.88. The lowest BCUT2D eigenvalue weighted by atomic mass is 9.88. The predicted octanol–water partition coefficient (Wildman–Crippen LogP) is 3.53. The number of halogens is 1. The standard InChI is InChI=1S/C15H22BrNO2/c1-4-18-14-6-5-11(9-13(14)16)15(17-3)12-7-8-19-10(12)2/h5-6,9-10,12,15,17H,4,7-8H2,1-3H3. The molecule has 1 aromatic rings. The van der Waals surface area contributed by atoms with Gasteiger partial charge in [0, 0.05) is 18.6 Å². The van der Waals surface area contributed by atoms with Crippen LogP contribution in [0.2, 0.25) is 0 Å². The molecule has 19 heavy (non-hydrogen) atoms. The molecule has 1 aromatic carbocycles. The third kappa shape index (κ3) is 3.30. The van der Waals surface area contributed by atoms with E-state index in [1.54, 1.807) is 0 Å². The molecule has 2 rings (SSSR count). The molecule has 1 aliphatic rings. The summed E-state index contributed by atoms with van der Waals surface area (Å²) in [5.74, 6) is 1.42. The van der Waals surface area contributed by atoms with Crippen molar-refractivity contribution in [3.63, 3.8) is 0 Å². The second kappa shape index (κ2) is 6.73. The molecule has 0 amide bonds. The van der Waals surface area contributed by atoms with Crippen LogP contribution in [-0.4, -0.2) is 26.4 Å². The van der Waals surface area contributed by atoms with Crippen molar-refractivity contribution in [2.45, 2.75) is 32.4 Å². The molecular formula is C15H22BrNO2. The fourth-order valence-corrected chi connectivity index (χ4v) is 3.31. The summed E-state index contributed by atoms with van der Waals surface area (Å²) in [6.45, 7) is 5.70. The highest BCUT2D eigenvalue weighted by molar-refractivity contribution is 9.10. The highest BCUT2D eigenvalue weighted by atomic mass is 79.9. The smallest absolute Gasteiger partial charge is 0.133 e. The lowest BCUT2D eigenvalue weighted by molar-refractivity contribution is 0.0963. The lowest BCUT2D eigenvalue weighted by Crippen LogP contribution is -2.29. The van der Waals surface area contributed by atoms with Gasteiger partial charge in [-0.1, -0.05) is 6.07 Å². The zero-order valence-electron chi connectivity index (χ0n) is 11.8. The van der Waals surface area contributed by atoms with Gasteiger partial charge in [0.15, 0.2) is 0 Å². The number of benzene rings is 1. The molecule has 0 saturated carbocycles. The van der Waals surface area contributed by atoms with E-state index in [1.807, 2.05) is 20.0 Å². The summed E-state index contributed by atoms with van der Waals surface area (Å²) in [7, 11) is 2.01. The zero-order chi connectivity index (χ0) is 13.8. The van der Waals surface area contributed by atoms with Crippen LogP contribution in [-0.2, 0) is 4.74 Å². The van der Waals surface area contributed by atoms with E-state index in [2.05, 4.69) is 40.3 Å². The number of hydrogen-bond acceptors (Lipinski definition) is 3. The second-order valence-corrected chi connectivity index (χ2v) is 5.77. The van der Waals surface area contributed by atoms with E-state index in [1.165, 1.54) is 5.56 Å². The van der Waals surface area contributed by atoms with Crippen molar-refractivity contribution >= 4 is 15.9 Å². The molecule has 0 bridgehead atoms. The molecule has 1 heterocycles. The Kier molecular flexibility index (Phi) is 5.25. The first kappa shape index (κ1) is 14.8. The van der Waals surface area contributed by atoms with Crippen LogP contribution in [0.5, 0.6) is 5.75 Å². The quantitative estimate of drug-likeness (QED) is 0.897. The maximum Gasteiger partial charge on any atom is 0.133 e. The largest absolute Gasteiger partial charge is 0.493 e. The molecule has 3 atom stereocenters. The van der Waals surface area contributed by atoms with Crippen molar-refractivity contribution in [1.82, 2.24) is 5.32 Å². The minimum atomic E-state index is 0.308. The van der Waals surface area contributed by atoms with Crippen molar-refractivity contribution in [2.24, 2.45) is 5.92 Å². The molecule has 3 nitrogen and oxygen atoms in total. The molecule has 0 radical (unpaired) electrons. The number of rotatable bonds is 5. The molecule has 0 aromatic heterocycles. The predicted molar refractivity (Wildman–Crippen MR) is 80.6 cm³/mol. The van der Waals surface area contributed by atoms with Gasteiger partial charge in [0.05, 0.1) is 17.2 Å². The normalized spacial score (nSPS) is 24.4. The van der Waals surface area contributed by atoms with Crippen LogP contribution in [0.3, 0.4) is 0 Å². The molecule has 0 aliphatic carbocycles. The Morgan fingerprint density at radius 3 is 2.84 bits per heavy atom. The highest BCUT2D eigenvalue weighted by Crippen LogP contribution is 2.36. The van der Waals surface area contributed by atoms with E-state index in [0.29, 0.717) is 24.7 Å². The summed E-state index contributed by atoms with van der Waals surface area (Å²) >= 11 is 3.59. The van der Waals surface area contributed by atoms with E-state index >= 15 is 0 Å². The molecule has 4 heteroatoms. The Bertz CT molecular complexity index is 425. The molecule has 0 spiro atoms. The van der Waals surface area contributed by atoms with Crippen LogP contribution < -0.4 is 10.1 Å². The summed E-state index contributed by atoms with van der Waals surface area (Å²) in [6, 6.07) is 6.65. The van der Waals surface area contributed by atoms with Gasteiger partial charge >= 0.3 is 0 Å². The van der Waals surface area contributed by atoms with E-state index in [-0.39, 0.29) is 0 Å². The minimum absolute atomic E-state index is 0.308. The highest BCUT2D eigenvalue weighted by Gasteiger charge is 2.32. The van der Waals surface area contributed by atoms with Crippen LogP contribution in [0, 0.1) is 5.92 Å². The van der Waals surface area contributed by atoms with Gasteiger partial charge < -0.3 is 14.8 Å². The van der Waals surface area contributed by atoms with Crippen LogP contribution in [0.25, 0.3) is 0 Å². The monoisotopic (exact) mass is 327 g/mol. The van der Waals surface area contributed by atoms with Gasteiger partial charge in [0.25, 0.3) is 0 Å². The summed E-state index contributed by atoms with van der Waals surface area (Å²) in [6.07, 6.45) is 1.42. The number of ether oxygens (including phenoxy) is 2. The van der Waals surface area contributed by atoms with Gasteiger partial charge in [-0.05, 0) is 60.9 Å². The fourth-order valence-electron chi connectivity index (χ4n) is 2.80. The van der Waals surface area contributed by atoms with Gasteiger partial charge in [-0.15, -0.1) is 0 Å². The van der Waals surface area contributed by atoms with E-state index in [0.717, 1.165) is 23.2 Å². The molecule has 106 valence electrons. The maximum absolute atomic E-state index is 5.69. The summed E-state index contributed by atoms with van der Waals surface area (Å²) in [5.41, 5.74) is 1.28. The maximum atomic E-state index is 5.69. The first-order chi connectivity index (χ1) is 9.17. The molecule has 3 unspecified atom stereocenters. The molecule has 1 fully saturated rings. The van der Waals surface area contributed by atoms with Crippen molar-refractivity contribution in [1.29, 1.82) is 0 Å². The molecule has 1 N–H and O–H groups in total. The average molecular weight is 328 g/mol. The van der Waals surface area contributed by atoms with E-state index in [9.17, 15) is 0 Å². The van der Waals surface area contributed by atoms with Crippen LogP contribution >= 0.6 is 15.9 Å². The van der Waals surface area contributed by atoms with Crippen LogP contribution in [0.1, 0.15) is 31.9 Å². The van der Waals surface area contributed by atoms with Gasteiger partial charge in [0.2, 0.25) is 0 Å². The minimum Gasteiger partial charge on any atom is -0.493 e. The molecule has 1 aliphatic heterocycles. The number of nitrogens with one attached hydrogen (secondary N) is 1. The first-order valence-corrected chi connectivity index (χ1v) is 7.67. The molecular weight excluding hydrogens is 306 g/mol. The Hall–Kier alpha value is -0.580. The third-order valence-corrected chi connectivity index (χ3v) is 4.41. The average Bonchev–Trinajstić information content (AvgIpc) is 2.80. The summed E-state index contributed by atoms with van der Waals surface area (Å²) in [4.78, 5) is 0. The fraction of sp³-hybridized carbons (Fsp3) is 0.600. The zero-order valence-corrected chi connectivity index (χ0v) is 13.4. The lowest BCUT2D eigenvalue weighted by Gasteiger charge is -2.26. The van der Waals surface area contributed by atoms with Crippen molar-refractivity contribution in [2.75, 3.05) is 20.3 Å². The van der Waals surface area contributed by atoms with Crippen molar-refractivity contribution in [3.8, 4) is 5.75 Å². The SMILES string of the molecule is CCOc1ccc(C(NC)C2CCOC2C)cc1Br. The van der Waals surface area contributed by atoms with Crippen molar-refractivity contribution < 1.29 is 9.47 Å². The van der Waals surface area contributed by atoms with Gasteiger partial charge in [-0.25, -0.2) is 0 Å². The Balaban J connectivity index is 2.21. The van der Waals surface area contributed by atoms with Gasteiger partial charge in [0.1, 0.15) is 5.75 Å². The van der Waals surface area contributed by atoms with Gasteiger partial charge in [-0.3, -0.25) is 0 Å². The summed E-state index contributed by atoms with van der Waals surface area (Å²) in [5, 5.41) is 3.43. The van der Waals surface area contributed by atoms with E-state index in [4.69, 9.17) is 9.47 Å². The third-order valence-electron chi connectivity index (χ3n) is 3.79. The van der Waals surface area contributed by atoms with Gasteiger partial charge in [-0.2, -0.15) is 0 Å². The Morgan fingerprint density at radius 1 is 1.53 bits per heavy atom. The second-order valence-electron chi connectivity index (χ2n) is 4.92. The Labute approximate surface area is 123 Å². The topological polar surface area (TPSA) is 30.5 Å². The van der Waals surface area contributed by atoms with Crippen LogP contribution in [0.15, 0.2) is 22.7 Å². The molecule has 1 saturated heterocycles. The Morgan fingerprint density at radius 2 is 2.32 bits per heavy atom. The summed E-state index contributed by atoms with van der Waals surface area (Å²) < 4.78 is 12.3.